The van der Waals surface area contributed by atoms with Crippen LogP contribution in [0.25, 0.3) is 0 Å². The lowest BCUT2D eigenvalue weighted by Crippen LogP contribution is -2.41. The zero-order chi connectivity index (χ0) is 20.3. The molecule has 0 aliphatic heterocycles. The van der Waals surface area contributed by atoms with Crippen molar-refractivity contribution in [2.24, 2.45) is 4.99 Å². The Morgan fingerprint density at radius 1 is 1.18 bits per heavy atom. The largest absolute Gasteiger partial charge is 0.374 e. The molecule has 2 N–H and O–H groups in total. The Bertz CT molecular complexity index is 674. The first-order chi connectivity index (χ1) is 12.7. The van der Waals surface area contributed by atoms with E-state index in [0.717, 1.165) is 18.5 Å². The number of hydrogen-bond donors (Lipinski definition) is 2. The molecule has 0 spiro atoms. The summed E-state index contributed by atoms with van der Waals surface area (Å²) in [7, 11) is -3.14. The van der Waals surface area contributed by atoms with Gasteiger partial charge in [0.15, 0.2) is 15.8 Å². The third kappa shape index (κ3) is 10.1. The van der Waals surface area contributed by atoms with Gasteiger partial charge in [0.2, 0.25) is 0 Å². The van der Waals surface area contributed by atoms with Crippen molar-refractivity contribution in [1.29, 1.82) is 0 Å². The highest BCUT2D eigenvalue weighted by Gasteiger charge is 2.28. The number of nitrogens with zero attached hydrogens (tertiary/aromatic N) is 1. The van der Waals surface area contributed by atoms with Gasteiger partial charge in [-0.25, -0.2) is 8.42 Å². The lowest BCUT2D eigenvalue weighted by molar-refractivity contribution is 0.0652. The maximum absolute atomic E-state index is 12.2. The van der Waals surface area contributed by atoms with Crippen molar-refractivity contribution >= 4 is 39.8 Å². The SMILES string of the molecule is CCNC(=NCCCOC(C)c1ccccc1)NCCS(=O)(=O)C(C)(C)C.I. The molecule has 6 nitrogen and oxygen atoms in total. The highest BCUT2D eigenvalue weighted by Crippen LogP contribution is 2.16. The number of hydrogen-bond acceptors (Lipinski definition) is 4. The van der Waals surface area contributed by atoms with E-state index >= 15 is 0 Å². The van der Waals surface area contributed by atoms with Crippen LogP contribution in [0.15, 0.2) is 35.3 Å². The molecule has 1 aromatic rings. The predicted molar refractivity (Wildman–Crippen MR) is 128 cm³/mol. The molecule has 1 atom stereocenters. The molecule has 0 saturated carbocycles. The first-order valence-corrected chi connectivity index (χ1v) is 11.2. The van der Waals surface area contributed by atoms with Crippen molar-refractivity contribution in [3.8, 4) is 0 Å². The third-order valence-corrected chi connectivity index (χ3v) is 6.76. The van der Waals surface area contributed by atoms with Gasteiger partial charge in [0.25, 0.3) is 0 Å². The summed E-state index contributed by atoms with van der Waals surface area (Å²) in [6, 6.07) is 10.1. The molecule has 0 bridgehead atoms. The van der Waals surface area contributed by atoms with Gasteiger partial charge in [-0.05, 0) is 46.6 Å². The highest BCUT2D eigenvalue weighted by atomic mass is 127. The monoisotopic (exact) mass is 525 g/mol. The summed E-state index contributed by atoms with van der Waals surface area (Å²) in [6.07, 6.45) is 0.859. The Morgan fingerprint density at radius 2 is 1.82 bits per heavy atom. The molecule has 0 heterocycles. The molecule has 0 fully saturated rings. The summed E-state index contributed by atoms with van der Waals surface area (Å²) in [4.78, 5) is 4.48. The second-order valence-corrected chi connectivity index (χ2v) is 10.3. The van der Waals surface area contributed by atoms with Crippen molar-refractivity contribution < 1.29 is 13.2 Å². The summed E-state index contributed by atoms with van der Waals surface area (Å²) < 4.78 is 29.4. The molecule has 1 unspecified atom stereocenters. The van der Waals surface area contributed by atoms with E-state index in [-0.39, 0.29) is 35.8 Å². The molecule has 0 saturated heterocycles. The second-order valence-electron chi connectivity index (χ2n) is 7.40. The van der Waals surface area contributed by atoms with Gasteiger partial charge in [0, 0.05) is 26.2 Å². The van der Waals surface area contributed by atoms with E-state index in [2.05, 4.69) is 27.8 Å². The highest BCUT2D eigenvalue weighted by molar-refractivity contribution is 14.0. The van der Waals surface area contributed by atoms with Gasteiger partial charge < -0.3 is 15.4 Å². The van der Waals surface area contributed by atoms with Crippen LogP contribution >= 0.6 is 24.0 Å². The second kappa shape index (κ2) is 13.4. The van der Waals surface area contributed by atoms with Crippen molar-refractivity contribution in [2.45, 2.75) is 51.9 Å². The third-order valence-electron chi connectivity index (χ3n) is 4.15. The Balaban J connectivity index is 0.00000729. The zero-order valence-electron chi connectivity index (χ0n) is 17.7. The molecule has 0 aliphatic carbocycles. The van der Waals surface area contributed by atoms with Crippen molar-refractivity contribution in [3.05, 3.63) is 35.9 Å². The molecule has 0 amide bonds. The van der Waals surface area contributed by atoms with E-state index in [0.29, 0.717) is 25.7 Å². The normalized spacial score (nSPS) is 13.5. The Morgan fingerprint density at radius 3 is 2.39 bits per heavy atom. The minimum Gasteiger partial charge on any atom is -0.374 e. The van der Waals surface area contributed by atoms with Gasteiger partial charge in [0.05, 0.1) is 16.6 Å². The number of ether oxygens (including phenoxy) is 1. The van der Waals surface area contributed by atoms with E-state index < -0.39 is 14.6 Å². The topological polar surface area (TPSA) is 79.8 Å². The van der Waals surface area contributed by atoms with Gasteiger partial charge in [-0.3, -0.25) is 4.99 Å². The smallest absolute Gasteiger partial charge is 0.191 e. The van der Waals surface area contributed by atoms with E-state index in [1.807, 2.05) is 32.0 Å². The van der Waals surface area contributed by atoms with Crippen LogP contribution in [0.1, 0.15) is 52.7 Å². The van der Waals surface area contributed by atoms with E-state index in [4.69, 9.17) is 4.74 Å². The molecule has 8 heteroatoms. The number of sulfone groups is 1. The number of aliphatic imine (C=N–C) groups is 1. The molecule has 0 radical (unpaired) electrons. The fourth-order valence-corrected chi connectivity index (χ4v) is 3.27. The summed E-state index contributed by atoms with van der Waals surface area (Å²) in [6.45, 7) is 11.5. The van der Waals surface area contributed by atoms with Crippen LogP contribution in [0.3, 0.4) is 0 Å². The lowest BCUT2D eigenvalue weighted by Gasteiger charge is -2.19. The van der Waals surface area contributed by atoms with E-state index in [1.165, 1.54) is 0 Å². The first-order valence-electron chi connectivity index (χ1n) is 9.58. The van der Waals surface area contributed by atoms with E-state index in [1.54, 1.807) is 20.8 Å². The van der Waals surface area contributed by atoms with Gasteiger partial charge in [-0.2, -0.15) is 0 Å². The first kappa shape index (κ1) is 27.1. The summed E-state index contributed by atoms with van der Waals surface area (Å²) in [5.41, 5.74) is 1.16. The predicted octanol–water partition coefficient (Wildman–Crippen LogP) is 3.54. The van der Waals surface area contributed by atoms with Crippen LogP contribution in [-0.2, 0) is 14.6 Å². The Hall–Kier alpha value is -0.870. The molecule has 162 valence electrons. The summed E-state index contributed by atoms with van der Waals surface area (Å²) in [5, 5.41) is 6.23. The minimum atomic E-state index is -3.14. The van der Waals surface area contributed by atoms with Crippen molar-refractivity contribution in [2.75, 3.05) is 32.0 Å². The van der Waals surface area contributed by atoms with Crippen LogP contribution < -0.4 is 10.6 Å². The minimum absolute atomic E-state index is 0. The molecule has 1 aromatic carbocycles. The number of guanidine groups is 1. The molecule has 0 aliphatic rings. The quantitative estimate of drug-likeness (QED) is 0.212. The number of halogens is 1. The number of benzene rings is 1. The standard InChI is InChI=1S/C20H35N3O3S.HI/c1-6-21-19(23-14-16-27(24,25)20(3,4)5)22-13-10-15-26-17(2)18-11-8-7-9-12-18;/h7-9,11-12,17H,6,10,13-16H2,1-5H3,(H2,21,22,23);1H. The van der Waals surface area contributed by atoms with Gasteiger partial charge >= 0.3 is 0 Å². The summed E-state index contributed by atoms with van der Waals surface area (Å²) in [5.74, 6) is 0.719. The molecule has 28 heavy (non-hydrogen) atoms. The number of rotatable bonds is 10. The Labute approximate surface area is 187 Å². The van der Waals surface area contributed by atoms with Crippen LogP contribution in [0.5, 0.6) is 0 Å². The van der Waals surface area contributed by atoms with Crippen LogP contribution in [0.4, 0.5) is 0 Å². The molecular formula is C20H36IN3O3S. The van der Waals surface area contributed by atoms with Gasteiger partial charge in [0.1, 0.15) is 0 Å². The van der Waals surface area contributed by atoms with Crippen molar-refractivity contribution in [3.63, 3.8) is 0 Å². The van der Waals surface area contributed by atoms with Crippen LogP contribution in [0, 0.1) is 0 Å². The van der Waals surface area contributed by atoms with Gasteiger partial charge in [-0.1, -0.05) is 30.3 Å². The number of nitrogens with one attached hydrogen (secondary N) is 2. The van der Waals surface area contributed by atoms with Gasteiger partial charge in [-0.15, -0.1) is 24.0 Å². The summed E-state index contributed by atoms with van der Waals surface area (Å²) >= 11 is 0. The maximum atomic E-state index is 12.2. The fourth-order valence-electron chi connectivity index (χ4n) is 2.29. The zero-order valence-corrected chi connectivity index (χ0v) is 20.8. The van der Waals surface area contributed by atoms with Crippen LogP contribution in [-0.4, -0.2) is 51.1 Å². The maximum Gasteiger partial charge on any atom is 0.191 e. The molecular weight excluding hydrogens is 489 g/mol. The van der Waals surface area contributed by atoms with E-state index in [9.17, 15) is 8.42 Å². The average Bonchev–Trinajstić information content (AvgIpc) is 2.60. The van der Waals surface area contributed by atoms with Crippen LogP contribution in [0.2, 0.25) is 0 Å². The lowest BCUT2D eigenvalue weighted by atomic mass is 10.1. The molecule has 1 rings (SSSR count). The Kier molecular flexibility index (Phi) is 13.0. The fraction of sp³-hybridized carbons (Fsp3) is 0.650. The van der Waals surface area contributed by atoms with Crippen molar-refractivity contribution in [1.82, 2.24) is 10.6 Å². The molecule has 0 aromatic heterocycles. The average molecular weight is 525 g/mol.